The minimum Gasteiger partial charge on any atom is -0.321 e. The number of benzene rings is 1. The average molecular weight is 497 g/mol. The number of rotatable bonds is 5. The molecule has 0 atom stereocenters. The van der Waals surface area contributed by atoms with Gasteiger partial charge in [0, 0.05) is 17.6 Å². The Bertz CT molecular complexity index is 1370. The largest absolute Gasteiger partial charge is 0.407 e. The van der Waals surface area contributed by atoms with E-state index in [0.29, 0.717) is 32.9 Å². The molecule has 6 nitrogen and oxygen atoms in total. The fraction of sp³-hybridized carbons (Fsp3) is 0.364. The quantitative estimate of drug-likeness (QED) is 0.500. The van der Waals surface area contributed by atoms with E-state index in [0.717, 1.165) is 33.1 Å². The number of halogens is 4. The lowest BCUT2D eigenvalue weighted by Gasteiger charge is -2.30. The second-order valence-corrected chi connectivity index (χ2v) is 10.7. The van der Waals surface area contributed by atoms with Crippen LogP contribution in [0.15, 0.2) is 41.4 Å². The fourth-order valence-corrected chi connectivity index (χ4v) is 5.36. The molecule has 1 aromatic carbocycles. The molecule has 0 unspecified atom stereocenters. The van der Waals surface area contributed by atoms with Crippen LogP contribution in [0, 0.1) is 11.3 Å². The van der Waals surface area contributed by atoms with E-state index in [1.54, 1.807) is 10.8 Å². The predicted molar refractivity (Wildman–Crippen MR) is 118 cm³/mol. The first-order valence-electron chi connectivity index (χ1n) is 10.2. The Labute approximate surface area is 194 Å². The topological polar surface area (TPSA) is 87.8 Å². The number of nitrogens with zero attached hydrogens (tertiary/aromatic N) is 3. The van der Waals surface area contributed by atoms with Crippen LogP contribution in [-0.2, 0) is 10.0 Å². The molecule has 174 valence electrons. The summed E-state index contributed by atoms with van der Waals surface area (Å²) >= 11 is 6.10. The van der Waals surface area contributed by atoms with E-state index in [1.807, 2.05) is 4.57 Å². The highest BCUT2D eigenvalue weighted by Gasteiger charge is 2.49. The number of sulfonamides is 1. The van der Waals surface area contributed by atoms with Gasteiger partial charge in [0.1, 0.15) is 17.3 Å². The highest BCUT2D eigenvalue weighted by atomic mass is 35.5. The molecular formula is C22H20ClF3N4O2S. The number of aromatic nitrogens is 2. The van der Waals surface area contributed by atoms with Crippen LogP contribution in [-0.4, -0.2) is 29.7 Å². The second kappa shape index (κ2) is 8.01. The van der Waals surface area contributed by atoms with Crippen molar-refractivity contribution in [1.82, 2.24) is 14.3 Å². The lowest BCUT2D eigenvalue weighted by Crippen LogP contribution is -2.54. The Morgan fingerprint density at radius 1 is 1.21 bits per heavy atom. The van der Waals surface area contributed by atoms with Crippen molar-refractivity contribution in [3.05, 3.63) is 47.1 Å². The van der Waals surface area contributed by atoms with Gasteiger partial charge >= 0.3 is 6.18 Å². The van der Waals surface area contributed by atoms with Gasteiger partial charge in [-0.3, -0.25) is 0 Å². The van der Waals surface area contributed by atoms with E-state index in [4.69, 9.17) is 11.6 Å². The zero-order valence-electron chi connectivity index (χ0n) is 17.7. The van der Waals surface area contributed by atoms with Crippen LogP contribution in [0.4, 0.5) is 13.2 Å². The molecule has 11 heteroatoms. The molecule has 0 bridgehead atoms. The van der Waals surface area contributed by atoms with Crippen LogP contribution in [0.5, 0.6) is 0 Å². The first kappa shape index (κ1) is 23.5. The summed E-state index contributed by atoms with van der Waals surface area (Å²) in [4.78, 5) is 4.12. The maximum Gasteiger partial charge on any atom is 0.407 e. The molecular weight excluding hydrogens is 477 g/mol. The summed E-state index contributed by atoms with van der Waals surface area (Å²) in [6, 6.07) is 9.45. The van der Waals surface area contributed by atoms with Crippen LogP contribution in [0.2, 0.25) is 5.02 Å². The van der Waals surface area contributed by atoms with E-state index >= 15 is 0 Å². The van der Waals surface area contributed by atoms with Crippen molar-refractivity contribution in [1.29, 1.82) is 5.26 Å². The summed E-state index contributed by atoms with van der Waals surface area (Å²) in [5.74, 6) is 0. The number of alkyl halides is 3. The lowest BCUT2D eigenvalue weighted by atomic mass is 9.92. The van der Waals surface area contributed by atoms with E-state index in [-0.39, 0.29) is 10.9 Å². The molecule has 3 aromatic rings. The standard InChI is InChI=1S/C22H20ClF3N4O2S/c1-21(2,22(24,25)26)29-33(31,32)16-8-6-13(7-9-16)19-18(11-27)17-10-14(23)12-28-20(17)30(19)15-4-3-5-15/h6-10,12,15,29H,3-5H2,1-2H3. The summed E-state index contributed by atoms with van der Waals surface area (Å²) < 4.78 is 68.3. The number of nitrogens with one attached hydrogen (secondary N) is 1. The van der Waals surface area contributed by atoms with Gasteiger partial charge in [0.15, 0.2) is 0 Å². The van der Waals surface area contributed by atoms with Crippen molar-refractivity contribution >= 4 is 32.7 Å². The van der Waals surface area contributed by atoms with Crippen molar-refractivity contribution in [3.63, 3.8) is 0 Å². The minimum atomic E-state index is -4.76. The number of hydrogen-bond acceptors (Lipinski definition) is 4. The SMILES string of the molecule is CC(C)(NS(=O)(=O)c1ccc(-c2c(C#N)c3cc(Cl)cnc3n2C2CCC2)cc1)C(F)(F)F. The number of hydrogen-bond donors (Lipinski definition) is 1. The summed E-state index contributed by atoms with van der Waals surface area (Å²) in [6.07, 6.45) is -0.395. The Balaban J connectivity index is 1.80. The zero-order valence-corrected chi connectivity index (χ0v) is 19.3. The lowest BCUT2D eigenvalue weighted by molar-refractivity contribution is -0.180. The first-order valence-corrected chi connectivity index (χ1v) is 12.0. The van der Waals surface area contributed by atoms with Gasteiger partial charge in [-0.15, -0.1) is 0 Å². The number of pyridine rings is 1. The van der Waals surface area contributed by atoms with E-state index in [2.05, 4.69) is 11.1 Å². The summed E-state index contributed by atoms with van der Waals surface area (Å²) in [5.41, 5.74) is -0.527. The molecule has 1 saturated carbocycles. The molecule has 1 fully saturated rings. The Morgan fingerprint density at radius 3 is 2.36 bits per heavy atom. The molecule has 2 heterocycles. The van der Waals surface area contributed by atoms with Crippen molar-refractivity contribution in [2.75, 3.05) is 0 Å². The summed E-state index contributed by atoms with van der Waals surface area (Å²) in [5, 5.41) is 10.9. The van der Waals surface area contributed by atoms with Crippen molar-refractivity contribution in [3.8, 4) is 17.3 Å². The highest BCUT2D eigenvalue weighted by molar-refractivity contribution is 7.89. The fourth-order valence-electron chi connectivity index (χ4n) is 3.80. The van der Waals surface area contributed by atoms with Gasteiger partial charge in [-0.25, -0.2) is 13.4 Å². The first-order chi connectivity index (χ1) is 15.4. The van der Waals surface area contributed by atoms with Crippen molar-refractivity contribution < 1.29 is 21.6 Å². The monoisotopic (exact) mass is 496 g/mol. The van der Waals surface area contributed by atoms with Crippen LogP contribution >= 0.6 is 11.6 Å². The highest BCUT2D eigenvalue weighted by Crippen LogP contribution is 2.42. The molecule has 1 aliphatic rings. The molecule has 0 amide bonds. The zero-order chi connectivity index (χ0) is 24.2. The molecule has 0 saturated heterocycles. The average Bonchev–Trinajstić information content (AvgIpc) is 2.98. The predicted octanol–water partition coefficient (Wildman–Crippen LogP) is 5.57. The summed E-state index contributed by atoms with van der Waals surface area (Å²) in [7, 11) is -4.44. The molecule has 33 heavy (non-hydrogen) atoms. The third-order valence-corrected chi connectivity index (χ3v) is 7.77. The van der Waals surface area contributed by atoms with Crippen LogP contribution < -0.4 is 4.72 Å². The molecule has 0 aliphatic heterocycles. The van der Waals surface area contributed by atoms with E-state index in [9.17, 15) is 26.9 Å². The Hall–Kier alpha value is -2.61. The smallest absolute Gasteiger partial charge is 0.321 e. The molecule has 1 N–H and O–H groups in total. The number of fused-ring (bicyclic) bond motifs is 1. The maximum absolute atomic E-state index is 13.2. The van der Waals surface area contributed by atoms with Gasteiger partial charge in [0.05, 0.1) is 21.2 Å². The van der Waals surface area contributed by atoms with Gasteiger partial charge in [0.2, 0.25) is 10.0 Å². The van der Waals surface area contributed by atoms with Crippen LogP contribution in [0.25, 0.3) is 22.3 Å². The normalized spacial score (nSPS) is 15.4. The maximum atomic E-state index is 13.2. The Morgan fingerprint density at radius 2 is 1.85 bits per heavy atom. The van der Waals surface area contributed by atoms with Gasteiger partial charge in [-0.1, -0.05) is 23.7 Å². The van der Waals surface area contributed by atoms with E-state index < -0.39 is 21.7 Å². The van der Waals surface area contributed by atoms with Crippen molar-refractivity contribution in [2.24, 2.45) is 0 Å². The molecule has 0 radical (unpaired) electrons. The van der Waals surface area contributed by atoms with Gasteiger partial charge in [0.25, 0.3) is 0 Å². The third-order valence-electron chi connectivity index (χ3n) is 5.90. The number of nitriles is 1. The van der Waals surface area contributed by atoms with Crippen molar-refractivity contribution in [2.45, 2.75) is 55.8 Å². The third kappa shape index (κ3) is 4.09. The summed E-state index contributed by atoms with van der Waals surface area (Å²) in [6.45, 7) is 1.51. The Kier molecular flexibility index (Phi) is 5.71. The van der Waals surface area contributed by atoms with Gasteiger partial charge in [-0.05, 0) is 56.9 Å². The van der Waals surface area contributed by atoms with Crippen LogP contribution in [0.1, 0.15) is 44.7 Å². The van der Waals surface area contributed by atoms with Gasteiger partial charge < -0.3 is 4.57 Å². The molecule has 0 spiro atoms. The minimum absolute atomic E-state index is 0.135. The molecule has 2 aromatic heterocycles. The second-order valence-electron chi connectivity index (χ2n) is 8.57. The van der Waals surface area contributed by atoms with E-state index in [1.165, 1.54) is 30.5 Å². The van der Waals surface area contributed by atoms with Crippen LogP contribution in [0.3, 0.4) is 0 Å². The molecule has 1 aliphatic carbocycles. The molecule has 4 rings (SSSR count). The van der Waals surface area contributed by atoms with Gasteiger partial charge in [-0.2, -0.15) is 23.2 Å².